The van der Waals surface area contributed by atoms with Crippen molar-refractivity contribution in [3.63, 3.8) is 0 Å². The quantitative estimate of drug-likeness (QED) is 0.518. The third-order valence-electron chi connectivity index (χ3n) is 2.89. The number of ether oxygens (including phenoxy) is 1. The molecule has 18 heavy (non-hydrogen) atoms. The van der Waals surface area contributed by atoms with E-state index in [0.717, 1.165) is 4.90 Å². The maximum absolute atomic E-state index is 9.85. The van der Waals surface area contributed by atoms with Gasteiger partial charge in [0, 0.05) is 9.81 Å². The van der Waals surface area contributed by atoms with E-state index in [-0.39, 0.29) is 11.5 Å². The Morgan fingerprint density at radius 3 is 2.83 bits per heavy atom. The van der Waals surface area contributed by atoms with Crippen molar-refractivity contribution in [2.45, 2.75) is 41.9 Å². The number of nitrogens with zero attached hydrogens (tertiary/aromatic N) is 3. The second kappa shape index (κ2) is 6.11. The van der Waals surface area contributed by atoms with E-state index in [4.69, 9.17) is 10.3 Å². The Morgan fingerprint density at radius 2 is 2.17 bits per heavy atom. The summed E-state index contributed by atoms with van der Waals surface area (Å²) in [5.41, 5.74) is 8.40. The zero-order valence-corrected chi connectivity index (χ0v) is 10.8. The normalized spacial score (nSPS) is 31.7. The maximum Gasteiger partial charge on any atom is 0.108 e. The van der Waals surface area contributed by atoms with Gasteiger partial charge in [-0.05, 0) is 31.0 Å². The average Bonchev–Trinajstić information content (AvgIpc) is 2.37. The first kappa shape index (κ1) is 13.2. The molecule has 1 fully saturated rings. The van der Waals surface area contributed by atoms with Crippen molar-refractivity contribution in [1.29, 1.82) is 0 Å². The van der Waals surface area contributed by atoms with E-state index in [1.165, 1.54) is 0 Å². The molecule has 0 bridgehead atoms. The molecule has 1 unspecified atom stereocenters. The molecule has 0 radical (unpaired) electrons. The van der Waals surface area contributed by atoms with Crippen molar-refractivity contribution in [1.82, 2.24) is 0 Å². The fraction of sp³-hybridized carbons (Fsp3) is 0.500. The Balaban J connectivity index is 2.04. The molecule has 1 heterocycles. The molecule has 1 N–H and O–H groups in total. The summed E-state index contributed by atoms with van der Waals surface area (Å²) < 4.78 is 5.71. The molecule has 0 saturated carbocycles. The van der Waals surface area contributed by atoms with Crippen molar-refractivity contribution in [2.75, 3.05) is 0 Å². The van der Waals surface area contributed by atoms with Crippen molar-refractivity contribution in [3.05, 3.63) is 40.8 Å². The summed E-state index contributed by atoms with van der Waals surface area (Å²) in [7, 11) is 0. The van der Waals surface area contributed by atoms with Crippen LogP contribution in [0.3, 0.4) is 0 Å². The van der Waals surface area contributed by atoms with E-state index < -0.39 is 12.1 Å². The third kappa shape index (κ3) is 3.17. The topological polar surface area (TPSA) is 78.2 Å². The zero-order chi connectivity index (χ0) is 13.0. The van der Waals surface area contributed by atoms with Gasteiger partial charge in [-0.1, -0.05) is 35.1 Å². The molecule has 0 amide bonds. The number of hydrogen-bond donors (Lipinski definition) is 1. The largest absolute Gasteiger partial charge is 0.390 e. The zero-order valence-electron chi connectivity index (χ0n) is 10.0. The van der Waals surface area contributed by atoms with Crippen LogP contribution in [-0.2, 0) is 4.74 Å². The van der Waals surface area contributed by atoms with E-state index in [9.17, 15) is 5.11 Å². The van der Waals surface area contributed by atoms with Crippen molar-refractivity contribution < 1.29 is 9.84 Å². The third-order valence-corrected chi connectivity index (χ3v) is 4.00. The van der Waals surface area contributed by atoms with E-state index in [2.05, 4.69) is 10.0 Å². The SMILES string of the molecule is C[C@@H]1OC(Sc2ccccc2)C[C@H](N=[N+]=[N-])[C@@H]1O. The molecule has 0 aromatic heterocycles. The van der Waals surface area contributed by atoms with Crippen LogP contribution in [0.1, 0.15) is 13.3 Å². The maximum atomic E-state index is 9.85. The number of aliphatic hydroxyl groups excluding tert-OH is 1. The van der Waals surface area contributed by atoms with E-state index in [0.29, 0.717) is 6.42 Å². The van der Waals surface area contributed by atoms with Gasteiger partial charge >= 0.3 is 0 Å². The summed E-state index contributed by atoms with van der Waals surface area (Å²) in [5, 5.41) is 13.5. The van der Waals surface area contributed by atoms with Crippen LogP contribution in [-0.4, -0.2) is 28.8 Å². The molecule has 4 atom stereocenters. The molecule has 1 aromatic rings. The Hall–Kier alpha value is -1.20. The highest BCUT2D eigenvalue weighted by molar-refractivity contribution is 7.99. The molecule has 1 aliphatic heterocycles. The summed E-state index contributed by atoms with van der Waals surface area (Å²) in [4.78, 5) is 3.89. The molecule has 0 aliphatic carbocycles. The summed E-state index contributed by atoms with van der Waals surface area (Å²) in [6.45, 7) is 1.79. The van der Waals surface area contributed by atoms with Crippen molar-refractivity contribution >= 4 is 11.8 Å². The highest BCUT2D eigenvalue weighted by Crippen LogP contribution is 2.33. The number of rotatable bonds is 3. The van der Waals surface area contributed by atoms with Gasteiger partial charge in [-0.2, -0.15) is 0 Å². The Kier molecular flexibility index (Phi) is 4.49. The monoisotopic (exact) mass is 265 g/mol. The molecular formula is C12H15N3O2S. The van der Waals surface area contributed by atoms with Gasteiger partial charge in [0.15, 0.2) is 0 Å². The highest BCUT2D eigenvalue weighted by atomic mass is 32.2. The van der Waals surface area contributed by atoms with Gasteiger partial charge in [-0.25, -0.2) is 0 Å². The van der Waals surface area contributed by atoms with Gasteiger partial charge in [0.2, 0.25) is 0 Å². The predicted octanol–water partition coefficient (Wildman–Crippen LogP) is 2.95. The molecular weight excluding hydrogens is 250 g/mol. The molecule has 6 heteroatoms. The van der Waals surface area contributed by atoms with Gasteiger partial charge in [0.05, 0.1) is 18.2 Å². The summed E-state index contributed by atoms with van der Waals surface area (Å²) in [6, 6.07) is 9.49. The van der Waals surface area contributed by atoms with Crippen LogP contribution in [0.25, 0.3) is 10.4 Å². The number of hydrogen-bond acceptors (Lipinski definition) is 4. The van der Waals surface area contributed by atoms with Crippen LogP contribution >= 0.6 is 11.8 Å². The van der Waals surface area contributed by atoms with Crippen LogP contribution in [0, 0.1) is 0 Å². The van der Waals surface area contributed by atoms with Crippen molar-refractivity contribution in [2.24, 2.45) is 5.11 Å². The molecule has 1 aromatic carbocycles. The molecule has 1 saturated heterocycles. The Morgan fingerprint density at radius 1 is 1.44 bits per heavy atom. The standard InChI is InChI=1S/C12H15N3O2S/c1-8-12(16)10(14-15-13)7-11(17-8)18-9-5-3-2-4-6-9/h2-6,8,10-12,16H,7H2,1H3/t8-,10-,11?,12+/m0/s1. The van der Waals surface area contributed by atoms with Crippen LogP contribution < -0.4 is 0 Å². The van der Waals surface area contributed by atoms with E-state index in [1.807, 2.05) is 30.3 Å². The second-order valence-electron chi connectivity index (χ2n) is 4.20. The van der Waals surface area contributed by atoms with Gasteiger partial charge < -0.3 is 9.84 Å². The number of aliphatic hydroxyl groups is 1. The predicted molar refractivity (Wildman–Crippen MR) is 70.2 cm³/mol. The first-order chi connectivity index (χ1) is 8.70. The van der Waals surface area contributed by atoms with Crippen molar-refractivity contribution in [3.8, 4) is 0 Å². The lowest BCUT2D eigenvalue weighted by molar-refractivity contribution is -0.0866. The van der Waals surface area contributed by atoms with Gasteiger partial charge in [-0.3, -0.25) is 0 Å². The first-order valence-corrected chi connectivity index (χ1v) is 6.68. The smallest absolute Gasteiger partial charge is 0.108 e. The average molecular weight is 265 g/mol. The minimum absolute atomic E-state index is 0.0960. The molecule has 0 spiro atoms. The molecule has 5 nitrogen and oxygen atoms in total. The van der Waals surface area contributed by atoms with Gasteiger partial charge in [0.1, 0.15) is 5.44 Å². The lowest BCUT2D eigenvalue weighted by Gasteiger charge is -2.35. The minimum Gasteiger partial charge on any atom is -0.390 e. The van der Waals surface area contributed by atoms with Crippen LogP contribution in [0.5, 0.6) is 0 Å². The summed E-state index contributed by atoms with van der Waals surface area (Å²) >= 11 is 1.58. The fourth-order valence-electron chi connectivity index (χ4n) is 1.93. The minimum atomic E-state index is -0.728. The summed E-state index contributed by atoms with van der Waals surface area (Å²) in [6.07, 6.45) is -0.529. The van der Waals surface area contributed by atoms with Crippen LogP contribution in [0.4, 0.5) is 0 Å². The summed E-state index contributed by atoms with van der Waals surface area (Å²) in [5.74, 6) is 0. The number of azide groups is 1. The molecule has 2 rings (SSSR count). The number of benzene rings is 1. The molecule has 96 valence electrons. The number of thioether (sulfide) groups is 1. The van der Waals surface area contributed by atoms with Crippen LogP contribution in [0.15, 0.2) is 40.3 Å². The van der Waals surface area contributed by atoms with Crippen LogP contribution in [0.2, 0.25) is 0 Å². The van der Waals surface area contributed by atoms with Gasteiger partial charge in [-0.15, -0.1) is 0 Å². The van der Waals surface area contributed by atoms with Gasteiger partial charge in [0.25, 0.3) is 0 Å². The lowest BCUT2D eigenvalue weighted by Crippen LogP contribution is -2.44. The highest BCUT2D eigenvalue weighted by Gasteiger charge is 2.35. The Labute approximate surface area is 110 Å². The molecule has 1 aliphatic rings. The lowest BCUT2D eigenvalue weighted by atomic mass is 10.0. The van der Waals surface area contributed by atoms with E-state index in [1.54, 1.807) is 18.7 Å². The fourth-order valence-corrected chi connectivity index (χ4v) is 3.08. The Bertz CT molecular complexity index is 436. The first-order valence-electron chi connectivity index (χ1n) is 5.80. The second-order valence-corrected chi connectivity index (χ2v) is 5.43. The van der Waals surface area contributed by atoms with E-state index >= 15 is 0 Å².